The highest BCUT2D eigenvalue weighted by Crippen LogP contribution is 2.11. The quantitative estimate of drug-likeness (QED) is 0.646. The maximum atomic E-state index is 11.8. The van der Waals surface area contributed by atoms with Gasteiger partial charge < -0.3 is 20.7 Å². The van der Waals surface area contributed by atoms with Crippen LogP contribution in [0.4, 0.5) is 10.5 Å². The van der Waals surface area contributed by atoms with Gasteiger partial charge in [0.25, 0.3) is 0 Å². The van der Waals surface area contributed by atoms with Gasteiger partial charge in [-0.05, 0) is 44.9 Å². The van der Waals surface area contributed by atoms with Crippen molar-refractivity contribution >= 4 is 17.7 Å². The number of benzene rings is 1. The number of anilines is 1. The van der Waals surface area contributed by atoms with E-state index >= 15 is 0 Å². The first-order valence-corrected chi connectivity index (χ1v) is 7.81. The zero-order valence-corrected chi connectivity index (χ0v) is 14.7. The van der Waals surface area contributed by atoms with Crippen molar-refractivity contribution in [2.45, 2.75) is 39.7 Å². The van der Waals surface area contributed by atoms with Crippen molar-refractivity contribution in [2.24, 2.45) is 10.7 Å². The molecule has 0 aliphatic heterocycles. The van der Waals surface area contributed by atoms with E-state index in [1.165, 1.54) is 10.5 Å². The molecule has 0 aliphatic carbocycles. The van der Waals surface area contributed by atoms with Gasteiger partial charge in [-0.15, -0.1) is 0 Å². The van der Waals surface area contributed by atoms with E-state index < -0.39 is 5.60 Å². The second-order valence-electron chi connectivity index (χ2n) is 6.35. The second kappa shape index (κ2) is 8.41. The summed E-state index contributed by atoms with van der Waals surface area (Å²) in [5.74, 6) is 0.329. The largest absolute Gasteiger partial charge is 0.444 e. The number of likely N-dealkylation sites (N-methyl/N-ethyl adjacent to an activating group) is 1. The molecule has 0 heterocycles. The van der Waals surface area contributed by atoms with Gasteiger partial charge in [-0.25, -0.2) is 4.79 Å². The number of aryl methyl sites for hydroxylation is 1. The van der Waals surface area contributed by atoms with Gasteiger partial charge in [0.1, 0.15) is 5.60 Å². The Labute approximate surface area is 138 Å². The topological polar surface area (TPSA) is 80.0 Å². The van der Waals surface area contributed by atoms with Crippen LogP contribution in [0, 0.1) is 0 Å². The molecule has 0 saturated heterocycles. The van der Waals surface area contributed by atoms with Gasteiger partial charge in [-0.2, -0.15) is 0 Å². The van der Waals surface area contributed by atoms with Crippen LogP contribution in [0.15, 0.2) is 29.3 Å². The summed E-state index contributed by atoms with van der Waals surface area (Å²) < 4.78 is 5.27. The van der Waals surface area contributed by atoms with Crippen LogP contribution in [0.5, 0.6) is 0 Å². The number of ether oxygens (including phenoxy) is 1. The average Bonchev–Trinajstić information content (AvgIpc) is 2.45. The highest BCUT2D eigenvalue weighted by atomic mass is 16.6. The fraction of sp³-hybridized carbons (Fsp3) is 0.529. The minimum absolute atomic E-state index is 0.329. The third-order valence-electron chi connectivity index (χ3n) is 3.03. The highest BCUT2D eigenvalue weighted by Gasteiger charge is 2.19. The summed E-state index contributed by atoms with van der Waals surface area (Å²) in [7, 11) is 1.68. The summed E-state index contributed by atoms with van der Waals surface area (Å²) in [6.45, 7) is 8.45. The molecular formula is C17H28N4O2. The Morgan fingerprint density at radius 3 is 2.70 bits per heavy atom. The normalized spacial score (nSPS) is 12.0. The Kier molecular flexibility index (Phi) is 6.88. The number of carbonyl (C=O) groups is 1. The van der Waals surface area contributed by atoms with Gasteiger partial charge in [0.2, 0.25) is 0 Å². The molecule has 0 saturated carbocycles. The Morgan fingerprint density at radius 1 is 1.39 bits per heavy atom. The fourth-order valence-corrected chi connectivity index (χ4v) is 1.81. The summed E-state index contributed by atoms with van der Waals surface area (Å²) >= 11 is 0. The number of hydrogen-bond donors (Lipinski definition) is 2. The number of nitrogens with two attached hydrogens (primary N) is 1. The summed E-state index contributed by atoms with van der Waals surface area (Å²) in [5, 5.41) is 3.05. The number of carbonyl (C=O) groups excluding carboxylic acids is 1. The van der Waals surface area contributed by atoms with Crippen LogP contribution < -0.4 is 11.1 Å². The first-order chi connectivity index (χ1) is 10.7. The minimum atomic E-state index is -0.501. The van der Waals surface area contributed by atoms with Crippen LogP contribution in [-0.2, 0) is 11.2 Å². The second-order valence-corrected chi connectivity index (χ2v) is 6.35. The van der Waals surface area contributed by atoms with Gasteiger partial charge in [0.05, 0.1) is 6.54 Å². The smallest absolute Gasteiger partial charge is 0.410 e. The minimum Gasteiger partial charge on any atom is -0.444 e. The number of rotatable bonds is 5. The Bertz CT molecular complexity index is 550. The van der Waals surface area contributed by atoms with Gasteiger partial charge in [0.15, 0.2) is 5.96 Å². The molecule has 1 aromatic rings. The number of hydrogen-bond acceptors (Lipinski definition) is 3. The molecule has 1 aromatic carbocycles. The van der Waals surface area contributed by atoms with Crippen molar-refractivity contribution in [3.05, 3.63) is 29.8 Å². The van der Waals surface area contributed by atoms with Crippen LogP contribution in [0.1, 0.15) is 33.3 Å². The molecule has 1 amide bonds. The molecule has 0 atom stereocenters. The molecule has 0 spiro atoms. The Hall–Kier alpha value is -2.24. The predicted octanol–water partition coefficient (Wildman–Crippen LogP) is 2.84. The van der Waals surface area contributed by atoms with Crippen LogP contribution in [0.2, 0.25) is 0 Å². The van der Waals surface area contributed by atoms with Crippen molar-refractivity contribution in [1.29, 1.82) is 0 Å². The maximum Gasteiger partial charge on any atom is 0.410 e. The summed E-state index contributed by atoms with van der Waals surface area (Å²) in [6.07, 6.45) is 0.600. The molecular weight excluding hydrogens is 292 g/mol. The van der Waals surface area contributed by atoms with E-state index in [4.69, 9.17) is 10.5 Å². The maximum absolute atomic E-state index is 11.8. The van der Waals surface area contributed by atoms with Crippen LogP contribution in [-0.4, -0.2) is 42.7 Å². The molecule has 0 aliphatic rings. The number of amides is 1. The fourth-order valence-electron chi connectivity index (χ4n) is 1.81. The number of nitrogens with one attached hydrogen (secondary N) is 1. The van der Waals surface area contributed by atoms with Crippen molar-refractivity contribution in [1.82, 2.24) is 4.90 Å². The first kappa shape index (κ1) is 18.8. The first-order valence-electron chi connectivity index (χ1n) is 7.81. The molecule has 6 nitrogen and oxygen atoms in total. The number of aliphatic imine (C=N–C) groups is 1. The lowest BCUT2D eigenvalue weighted by Gasteiger charge is -2.24. The van der Waals surface area contributed by atoms with Crippen LogP contribution >= 0.6 is 0 Å². The van der Waals surface area contributed by atoms with Crippen molar-refractivity contribution in [3.63, 3.8) is 0 Å². The van der Waals surface area contributed by atoms with Crippen molar-refractivity contribution < 1.29 is 9.53 Å². The molecule has 0 aromatic heterocycles. The standard InChI is InChI=1S/C17H28N4O2/c1-6-13-8-7-9-14(12-13)20-15(18)19-10-11-21(5)16(22)23-17(2,3)4/h7-9,12H,6,10-11H2,1-5H3,(H3,18,19,20). The lowest BCUT2D eigenvalue weighted by atomic mass is 10.1. The summed E-state index contributed by atoms with van der Waals surface area (Å²) in [5.41, 5.74) is 7.50. The molecule has 0 unspecified atom stereocenters. The Balaban J connectivity index is 2.45. The molecule has 3 N–H and O–H groups in total. The zero-order valence-electron chi connectivity index (χ0n) is 14.7. The van der Waals surface area contributed by atoms with E-state index in [2.05, 4.69) is 23.3 Å². The van der Waals surface area contributed by atoms with Gasteiger partial charge in [-0.1, -0.05) is 19.1 Å². The van der Waals surface area contributed by atoms with E-state index in [0.717, 1.165) is 12.1 Å². The number of nitrogens with zero attached hydrogens (tertiary/aromatic N) is 2. The number of guanidine groups is 1. The molecule has 0 radical (unpaired) electrons. The highest BCUT2D eigenvalue weighted by molar-refractivity contribution is 5.92. The zero-order chi connectivity index (χ0) is 17.5. The van der Waals surface area contributed by atoms with E-state index in [1.54, 1.807) is 7.05 Å². The van der Waals surface area contributed by atoms with Crippen LogP contribution in [0.25, 0.3) is 0 Å². The third kappa shape index (κ3) is 7.54. The lowest BCUT2D eigenvalue weighted by molar-refractivity contribution is 0.0304. The molecule has 128 valence electrons. The van der Waals surface area contributed by atoms with E-state index in [1.807, 2.05) is 39.0 Å². The summed E-state index contributed by atoms with van der Waals surface area (Å²) in [4.78, 5) is 17.5. The lowest BCUT2D eigenvalue weighted by Crippen LogP contribution is -2.36. The monoisotopic (exact) mass is 320 g/mol. The van der Waals surface area contributed by atoms with E-state index in [9.17, 15) is 4.79 Å². The predicted molar refractivity (Wildman–Crippen MR) is 94.8 cm³/mol. The third-order valence-corrected chi connectivity index (χ3v) is 3.03. The van der Waals surface area contributed by atoms with Crippen molar-refractivity contribution in [2.75, 3.05) is 25.5 Å². The molecule has 0 fully saturated rings. The van der Waals surface area contributed by atoms with Gasteiger partial charge >= 0.3 is 6.09 Å². The molecule has 1 rings (SSSR count). The SMILES string of the molecule is CCc1cccc(NC(N)=NCCN(C)C(=O)OC(C)(C)C)c1. The van der Waals surface area contributed by atoms with E-state index in [0.29, 0.717) is 19.0 Å². The molecule has 23 heavy (non-hydrogen) atoms. The Morgan fingerprint density at radius 2 is 2.09 bits per heavy atom. The van der Waals surface area contributed by atoms with Crippen LogP contribution in [0.3, 0.4) is 0 Å². The average molecular weight is 320 g/mol. The molecule has 6 heteroatoms. The summed E-state index contributed by atoms with van der Waals surface area (Å²) in [6, 6.07) is 8.02. The van der Waals surface area contributed by atoms with Crippen molar-refractivity contribution in [3.8, 4) is 0 Å². The van der Waals surface area contributed by atoms with Gasteiger partial charge in [-0.3, -0.25) is 4.99 Å². The van der Waals surface area contributed by atoms with E-state index in [-0.39, 0.29) is 6.09 Å². The molecule has 0 bridgehead atoms. The van der Waals surface area contributed by atoms with Gasteiger partial charge in [0, 0.05) is 19.3 Å².